The van der Waals surface area contributed by atoms with Crippen LogP contribution in [0.15, 0.2) is 42.5 Å². The molecule has 2 nitrogen and oxygen atoms in total. The van der Waals surface area contributed by atoms with Crippen molar-refractivity contribution in [2.24, 2.45) is 0 Å². The number of nitrogens with one attached hydrogen (secondary N) is 1. The molecule has 0 unspecified atom stereocenters. The van der Waals surface area contributed by atoms with E-state index in [4.69, 9.17) is 5.26 Å². The minimum absolute atomic E-state index is 0.352. The molecule has 0 heterocycles. The van der Waals surface area contributed by atoms with E-state index in [1.807, 2.05) is 30.3 Å². The van der Waals surface area contributed by atoms with Crippen LogP contribution < -0.4 is 5.32 Å². The molecule has 1 aliphatic rings. The summed E-state index contributed by atoms with van der Waals surface area (Å²) in [6, 6.07) is 15.0. The average molecular weight is 266 g/mol. The first-order valence-corrected chi connectivity index (χ1v) is 6.78. The minimum atomic E-state index is -0.371. The van der Waals surface area contributed by atoms with Crippen LogP contribution in [0.25, 0.3) is 11.1 Å². The molecule has 0 atom stereocenters. The molecule has 0 spiro atoms. The maximum atomic E-state index is 13.6. The Kier molecular flexibility index (Phi) is 3.49. The Morgan fingerprint density at radius 2 is 2.00 bits per heavy atom. The van der Waals surface area contributed by atoms with Crippen LogP contribution >= 0.6 is 0 Å². The van der Waals surface area contributed by atoms with Crippen LogP contribution in [-0.2, 0) is 6.54 Å². The maximum absolute atomic E-state index is 13.6. The monoisotopic (exact) mass is 266 g/mol. The second kappa shape index (κ2) is 5.44. The number of nitriles is 1. The van der Waals surface area contributed by atoms with Crippen LogP contribution in [-0.4, -0.2) is 6.04 Å². The Labute approximate surface area is 117 Å². The molecule has 2 aromatic rings. The predicted molar refractivity (Wildman–Crippen MR) is 76.4 cm³/mol. The second-order valence-electron chi connectivity index (χ2n) is 5.15. The molecule has 2 aromatic carbocycles. The first-order valence-electron chi connectivity index (χ1n) is 6.78. The van der Waals surface area contributed by atoms with Gasteiger partial charge < -0.3 is 5.32 Å². The highest BCUT2D eigenvalue weighted by Gasteiger charge is 2.20. The highest BCUT2D eigenvalue weighted by Crippen LogP contribution is 2.27. The van der Waals surface area contributed by atoms with Crippen LogP contribution in [0.4, 0.5) is 4.39 Å². The highest BCUT2D eigenvalue weighted by atomic mass is 19.1. The smallest absolute Gasteiger partial charge is 0.125 e. The van der Waals surface area contributed by atoms with E-state index < -0.39 is 0 Å². The largest absolute Gasteiger partial charge is 0.310 e. The maximum Gasteiger partial charge on any atom is 0.125 e. The van der Waals surface area contributed by atoms with E-state index in [9.17, 15) is 4.39 Å². The van der Waals surface area contributed by atoms with Gasteiger partial charge in [0.25, 0.3) is 0 Å². The molecule has 0 aromatic heterocycles. The van der Waals surface area contributed by atoms with Crippen molar-refractivity contribution in [3.05, 3.63) is 59.4 Å². The van der Waals surface area contributed by atoms with Gasteiger partial charge in [0.05, 0.1) is 11.6 Å². The zero-order chi connectivity index (χ0) is 13.9. The SMILES string of the molecule is N#Cc1cc(F)cc(-c2ccccc2CNC2CC2)c1. The Bertz CT molecular complexity index is 669. The van der Waals surface area contributed by atoms with Gasteiger partial charge in [-0.15, -0.1) is 0 Å². The molecule has 0 saturated heterocycles. The van der Waals surface area contributed by atoms with Gasteiger partial charge >= 0.3 is 0 Å². The number of hydrogen-bond donors (Lipinski definition) is 1. The molecule has 1 N–H and O–H groups in total. The van der Waals surface area contributed by atoms with Crippen molar-refractivity contribution >= 4 is 0 Å². The molecule has 20 heavy (non-hydrogen) atoms. The first-order chi connectivity index (χ1) is 9.76. The molecule has 0 bridgehead atoms. The van der Waals surface area contributed by atoms with E-state index >= 15 is 0 Å². The summed E-state index contributed by atoms with van der Waals surface area (Å²) < 4.78 is 13.6. The fourth-order valence-electron chi connectivity index (χ4n) is 2.31. The van der Waals surface area contributed by atoms with Crippen LogP contribution in [0.2, 0.25) is 0 Å². The second-order valence-corrected chi connectivity index (χ2v) is 5.15. The van der Waals surface area contributed by atoms with Gasteiger partial charge in [0.1, 0.15) is 5.82 Å². The zero-order valence-corrected chi connectivity index (χ0v) is 11.1. The number of hydrogen-bond acceptors (Lipinski definition) is 2. The van der Waals surface area contributed by atoms with Gasteiger partial charge in [0, 0.05) is 12.6 Å². The van der Waals surface area contributed by atoms with Gasteiger partial charge in [-0.2, -0.15) is 5.26 Å². The number of benzene rings is 2. The van der Waals surface area contributed by atoms with Crippen molar-refractivity contribution < 1.29 is 4.39 Å². The summed E-state index contributed by atoms with van der Waals surface area (Å²) in [4.78, 5) is 0. The predicted octanol–water partition coefficient (Wildman–Crippen LogP) is 3.62. The summed E-state index contributed by atoms with van der Waals surface area (Å²) in [5.74, 6) is -0.371. The van der Waals surface area contributed by atoms with Gasteiger partial charge in [-0.3, -0.25) is 0 Å². The van der Waals surface area contributed by atoms with E-state index in [0.717, 1.165) is 23.2 Å². The fourth-order valence-corrected chi connectivity index (χ4v) is 2.31. The summed E-state index contributed by atoms with van der Waals surface area (Å²) in [6.45, 7) is 0.777. The molecule has 1 aliphatic carbocycles. The molecule has 1 fully saturated rings. The molecule has 1 saturated carbocycles. The molecule has 0 amide bonds. The van der Waals surface area contributed by atoms with E-state index in [0.29, 0.717) is 11.6 Å². The molecular formula is C17H15FN2. The molecular weight excluding hydrogens is 251 g/mol. The van der Waals surface area contributed by atoms with E-state index in [2.05, 4.69) is 5.32 Å². The lowest BCUT2D eigenvalue weighted by atomic mass is 9.98. The van der Waals surface area contributed by atoms with Crippen LogP contribution in [0.1, 0.15) is 24.0 Å². The minimum Gasteiger partial charge on any atom is -0.310 e. The third-order valence-corrected chi connectivity index (χ3v) is 3.51. The average Bonchev–Trinajstić information content (AvgIpc) is 3.29. The third-order valence-electron chi connectivity index (χ3n) is 3.51. The molecule has 3 rings (SSSR count). The van der Waals surface area contributed by atoms with Crippen molar-refractivity contribution in [1.29, 1.82) is 5.26 Å². The molecule has 3 heteroatoms. The lowest BCUT2D eigenvalue weighted by Crippen LogP contribution is -2.15. The van der Waals surface area contributed by atoms with Gasteiger partial charge in [-0.25, -0.2) is 4.39 Å². The lowest BCUT2D eigenvalue weighted by Gasteiger charge is -2.11. The van der Waals surface area contributed by atoms with E-state index in [1.165, 1.54) is 25.0 Å². The van der Waals surface area contributed by atoms with Crippen LogP contribution in [0.3, 0.4) is 0 Å². The normalized spacial score (nSPS) is 14.0. The number of nitrogens with zero attached hydrogens (tertiary/aromatic N) is 1. The van der Waals surface area contributed by atoms with Crippen molar-refractivity contribution in [2.75, 3.05) is 0 Å². The quantitative estimate of drug-likeness (QED) is 0.917. The summed E-state index contributed by atoms with van der Waals surface area (Å²) in [7, 11) is 0. The molecule has 100 valence electrons. The van der Waals surface area contributed by atoms with Crippen molar-refractivity contribution in [3.63, 3.8) is 0 Å². The lowest BCUT2D eigenvalue weighted by molar-refractivity contribution is 0.628. The zero-order valence-electron chi connectivity index (χ0n) is 11.1. The Morgan fingerprint density at radius 1 is 1.20 bits per heavy atom. The standard InChI is InChI=1S/C17H15FN2/c18-15-8-12(10-19)7-14(9-15)17-4-2-1-3-13(17)11-20-16-5-6-16/h1-4,7-9,16,20H,5-6,11H2. The van der Waals surface area contributed by atoms with Gasteiger partial charge in [0.15, 0.2) is 0 Å². The topological polar surface area (TPSA) is 35.8 Å². The fraction of sp³-hybridized carbons (Fsp3) is 0.235. The molecule has 0 aliphatic heterocycles. The Hall–Kier alpha value is -2.18. The van der Waals surface area contributed by atoms with E-state index in [1.54, 1.807) is 6.07 Å². The van der Waals surface area contributed by atoms with Gasteiger partial charge in [0.2, 0.25) is 0 Å². The Morgan fingerprint density at radius 3 is 2.75 bits per heavy atom. The van der Waals surface area contributed by atoms with Gasteiger partial charge in [-0.1, -0.05) is 24.3 Å². The summed E-state index contributed by atoms with van der Waals surface area (Å²) >= 11 is 0. The summed E-state index contributed by atoms with van der Waals surface area (Å²) in [6.07, 6.45) is 2.47. The summed E-state index contributed by atoms with van der Waals surface area (Å²) in [5, 5.41) is 12.4. The Balaban J connectivity index is 1.96. The van der Waals surface area contributed by atoms with Crippen LogP contribution in [0.5, 0.6) is 0 Å². The molecule has 0 radical (unpaired) electrons. The van der Waals surface area contributed by atoms with Gasteiger partial charge in [-0.05, 0) is 47.7 Å². The summed E-state index contributed by atoms with van der Waals surface area (Å²) in [5.41, 5.74) is 3.23. The van der Waals surface area contributed by atoms with E-state index in [-0.39, 0.29) is 5.82 Å². The number of halogens is 1. The number of rotatable bonds is 4. The van der Waals surface area contributed by atoms with Crippen molar-refractivity contribution in [2.45, 2.75) is 25.4 Å². The van der Waals surface area contributed by atoms with Crippen molar-refractivity contribution in [1.82, 2.24) is 5.32 Å². The first kappa shape index (κ1) is 12.8. The third kappa shape index (κ3) is 2.87. The van der Waals surface area contributed by atoms with Crippen LogP contribution in [0, 0.1) is 17.1 Å². The highest BCUT2D eigenvalue weighted by molar-refractivity contribution is 5.68. The van der Waals surface area contributed by atoms with Crippen molar-refractivity contribution in [3.8, 4) is 17.2 Å².